The first-order chi connectivity index (χ1) is 13.2. The van der Waals surface area contributed by atoms with Crippen molar-refractivity contribution in [2.45, 2.75) is 6.54 Å². The zero-order valence-corrected chi connectivity index (χ0v) is 14.9. The van der Waals surface area contributed by atoms with E-state index in [0.29, 0.717) is 6.54 Å². The van der Waals surface area contributed by atoms with Crippen LogP contribution in [-0.2, 0) is 6.54 Å². The molecular formula is C23H19FN2O. The molecule has 3 aromatic carbocycles. The van der Waals surface area contributed by atoms with E-state index in [-0.39, 0.29) is 5.82 Å². The van der Waals surface area contributed by atoms with Gasteiger partial charge >= 0.3 is 0 Å². The molecule has 4 aromatic rings. The summed E-state index contributed by atoms with van der Waals surface area (Å²) < 4.78 is 18.5. The van der Waals surface area contributed by atoms with Gasteiger partial charge in [0, 0.05) is 23.2 Å². The lowest BCUT2D eigenvalue weighted by Crippen LogP contribution is -2.01. The smallest absolute Gasteiger partial charge is 0.123 e. The number of ether oxygens (including phenoxy) is 1. The van der Waals surface area contributed by atoms with Crippen LogP contribution in [0.3, 0.4) is 0 Å². The highest BCUT2D eigenvalue weighted by atomic mass is 19.1. The van der Waals surface area contributed by atoms with E-state index in [4.69, 9.17) is 9.72 Å². The van der Waals surface area contributed by atoms with Crippen LogP contribution in [0, 0.1) is 5.82 Å². The van der Waals surface area contributed by atoms with Crippen LogP contribution in [0.15, 0.2) is 78.9 Å². The zero-order valence-electron chi connectivity index (χ0n) is 14.9. The molecule has 1 heterocycles. The van der Waals surface area contributed by atoms with Crippen molar-refractivity contribution in [1.82, 2.24) is 4.98 Å². The highest BCUT2D eigenvalue weighted by molar-refractivity contribution is 5.93. The number of pyridine rings is 1. The molecule has 0 radical (unpaired) electrons. The second-order valence-electron chi connectivity index (χ2n) is 6.28. The van der Waals surface area contributed by atoms with E-state index in [1.807, 2.05) is 54.6 Å². The maximum atomic E-state index is 13.3. The molecular weight excluding hydrogens is 339 g/mol. The fraction of sp³-hybridized carbons (Fsp3) is 0.0870. The molecule has 0 spiro atoms. The van der Waals surface area contributed by atoms with Gasteiger partial charge < -0.3 is 10.1 Å². The predicted molar refractivity (Wildman–Crippen MR) is 107 cm³/mol. The molecule has 0 unspecified atom stereocenters. The second kappa shape index (κ2) is 7.46. The van der Waals surface area contributed by atoms with E-state index in [2.05, 4.69) is 5.32 Å². The Morgan fingerprint density at radius 2 is 1.67 bits per heavy atom. The van der Waals surface area contributed by atoms with Gasteiger partial charge in [-0.05, 0) is 54.1 Å². The first kappa shape index (κ1) is 17.0. The highest BCUT2D eigenvalue weighted by Crippen LogP contribution is 2.29. The summed E-state index contributed by atoms with van der Waals surface area (Å²) in [5.74, 6) is 0.587. The Morgan fingerprint density at radius 1 is 0.926 bits per heavy atom. The summed E-state index contributed by atoms with van der Waals surface area (Å²) in [6.07, 6.45) is 0. The SMILES string of the molecule is COc1ccc(CNc2cc(-c3ccc(F)cc3)nc3ccccc23)cc1. The molecule has 0 aliphatic heterocycles. The zero-order chi connectivity index (χ0) is 18.6. The minimum Gasteiger partial charge on any atom is -0.497 e. The van der Waals surface area contributed by atoms with Gasteiger partial charge in [0.05, 0.1) is 18.3 Å². The normalized spacial score (nSPS) is 10.7. The van der Waals surface area contributed by atoms with Gasteiger partial charge in [-0.15, -0.1) is 0 Å². The molecule has 1 aromatic heterocycles. The summed E-state index contributed by atoms with van der Waals surface area (Å²) in [6, 6.07) is 24.4. The van der Waals surface area contributed by atoms with Crippen LogP contribution in [0.4, 0.5) is 10.1 Å². The molecule has 4 heteroatoms. The monoisotopic (exact) mass is 358 g/mol. The Hall–Kier alpha value is -3.40. The number of hydrogen-bond donors (Lipinski definition) is 1. The Balaban J connectivity index is 1.68. The van der Waals surface area contributed by atoms with Gasteiger partial charge in [-0.3, -0.25) is 0 Å². The number of nitrogens with one attached hydrogen (secondary N) is 1. The van der Waals surface area contributed by atoms with Crippen LogP contribution in [0.5, 0.6) is 5.75 Å². The maximum absolute atomic E-state index is 13.3. The van der Waals surface area contributed by atoms with Gasteiger partial charge in [-0.2, -0.15) is 0 Å². The molecule has 0 atom stereocenters. The van der Waals surface area contributed by atoms with Gasteiger partial charge in [-0.25, -0.2) is 9.37 Å². The molecule has 0 bridgehead atoms. The van der Waals surface area contributed by atoms with Crippen LogP contribution >= 0.6 is 0 Å². The van der Waals surface area contributed by atoms with Crippen LogP contribution < -0.4 is 10.1 Å². The molecule has 0 amide bonds. The van der Waals surface area contributed by atoms with Crippen molar-refractivity contribution in [2.24, 2.45) is 0 Å². The summed E-state index contributed by atoms with van der Waals surface area (Å²) in [6.45, 7) is 0.681. The minimum absolute atomic E-state index is 0.252. The number of anilines is 1. The lowest BCUT2D eigenvalue weighted by atomic mass is 10.1. The lowest BCUT2D eigenvalue weighted by molar-refractivity contribution is 0.414. The fourth-order valence-electron chi connectivity index (χ4n) is 3.03. The van der Waals surface area contributed by atoms with Crippen molar-refractivity contribution in [3.8, 4) is 17.0 Å². The summed E-state index contributed by atoms with van der Waals surface area (Å²) in [4.78, 5) is 4.73. The number of methoxy groups -OCH3 is 1. The van der Waals surface area contributed by atoms with Crippen molar-refractivity contribution >= 4 is 16.6 Å². The number of benzene rings is 3. The molecule has 1 N–H and O–H groups in total. The molecule has 134 valence electrons. The summed E-state index contributed by atoms with van der Waals surface area (Å²) in [7, 11) is 1.66. The van der Waals surface area contributed by atoms with Crippen LogP contribution in [0.1, 0.15) is 5.56 Å². The number of fused-ring (bicyclic) bond motifs is 1. The molecule has 4 rings (SSSR count). The van der Waals surface area contributed by atoms with E-state index in [9.17, 15) is 4.39 Å². The third-order valence-corrected chi connectivity index (χ3v) is 4.50. The lowest BCUT2D eigenvalue weighted by Gasteiger charge is -2.13. The number of halogens is 1. The summed E-state index contributed by atoms with van der Waals surface area (Å²) >= 11 is 0. The molecule has 3 nitrogen and oxygen atoms in total. The number of para-hydroxylation sites is 1. The average molecular weight is 358 g/mol. The van der Waals surface area contributed by atoms with Gasteiger partial charge in [0.15, 0.2) is 0 Å². The largest absolute Gasteiger partial charge is 0.497 e. The standard InChI is InChI=1S/C23H19FN2O/c1-27-19-12-6-16(7-13-19)15-25-23-14-22(17-8-10-18(24)11-9-17)26-21-5-3-2-4-20(21)23/h2-14H,15H2,1H3,(H,25,26). The third-order valence-electron chi connectivity index (χ3n) is 4.50. The van der Waals surface area contributed by atoms with Gasteiger partial charge in [0.2, 0.25) is 0 Å². The third kappa shape index (κ3) is 3.75. The molecule has 0 aliphatic carbocycles. The Kier molecular flexibility index (Phi) is 4.71. The molecule has 0 fully saturated rings. The first-order valence-corrected chi connectivity index (χ1v) is 8.75. The number of nitrogens with zero attached hydrogens (tertiary/aromatic N) is 1. The molecule has 0 aliphatic rings. The van der Waals surface area contributed by atoms with Crippen LogP contribution in [-0.4, -0.2) is 12.1 Å². The van der Waals surface area contributed by atoms with Gasteiger partial charge in [0.25, 0.3) is 0 Å². The molecule has 27 heavy (non-hydrogen) atoms. The second-order valence-corrected chi connectivity index (χ2v) is 6.28. The van der Waals surface area contributed by atoms with Crippen molar-refractivity contribution in [2.75, 3.05) is 12.4 Å². The fourth-order valence-corrected chi connectivity index (χ4v) is 3.03. The van der Waals surface area contributed by atoms with Crippen molar-refractivity contribution in [1.29, 1.82) is 0 Å². The quantitative estimate of drug-likeness (QED) is 0.500. The number of hydrogen-bond acceptors (Lipinski definition) is 3. The van der Waals surface area contributed by atoms with Crippen molar-refractivity contribution < 1.29 is 9.13 Å². The Bertz CT molecular complexity index is 1060. The van der Waals surface area contributed by atoms with E-state index in [0.717, 1.165) is 39.2 Å². The van der Waals surface area contributed by atoms with E-state index in [1.54, 1.807) is 19.2 Å². The highest BCUT2D eigenvalue weighted by Gasteiger charge is 2.08. The van der Waals surface area contributed by atoms with Crippen molar-refractivity contribution in [3.05, 3.63) is 90.2 Å². The molecule has 0 saturated heterocycles. The molecule has 0 saturated carbocycles. The van der Waals surface area contributed by atoms with Crippen LogP contribution in [0.25, 0.3) is 22.2 Å². The van der Waals surface area contributed by atoms with E-state index >= 15 is 0 Å². The predicted octanol–water partition coefficient (Wildman–Crippen LogP) is 5.66. The topological polar surface area (TPSA) is 34.1 Å². The number of rotatable bonds is 5. The maximum Gasteiger partial charge on any atom is 0.123 e. The van der Waals surface area contributed by atoms with Gasteiger partial charge in [-0.1, -0.05) is 30.3 Å². The first-order valence-electron chi connectivity index (χ1n) is 8.75. The Morgan fingerprint density at radius 3 is 2.41 bits per heavy atom. The summed E-state index contributed by atoms with van der Waals surface area (Å²) in [5, 5.41) is 4.56. The van der Waals surface area contributed by atoms with Crippen LogP contribution in [0.2, 0.25) is 0 Å². The minimum atomic E-state index is -0.252. The summed E-state index contributed by atoms with van der Waals surface area (Å²) in [5.41, 5.74) is 4.74. The van der Waals surface area contributed by atoms with Crippen molar-refractivity contribution in [3.63, 3.8) is 0 Å². The van der Waals surface area contributed by atoms with E-state index in [1.165, 1.54) is 12.1 Å². The van der Waals surface area contributed by atoms with Gasteiger partial charge in [0.1, 0.15) is 11.6 Å². The number of aromatic nitrogens is 1. The Labute approximate surface area is 157 Å². The van der Waals surface area contributed by atoms with E-state index < -0.39 is 0 Å². The average Bonchev–Trinajstić information content (AvgIpc) is 2.72.